The molecule has 0 bridgehead atoms. The quantitative estimate of drug-likeness (QED) is 0.208. The van der Waals surface area contributed by atoms with Gasteiger partial charge < -0.3 is 0 Å². The maximum absolute atomic E-state index is 5.33. The molecular weight excluding hydrogens is 470 g/mol. The van der Waals surface area contributed by atoms with E-state index in [1.165, 1.54) is 66.2 Å². The Labute approximate surface area is 227 Å². The third-order valence-corrected chi connectivity index (χ3v) is 8.88. The van der Waals surface area contributed by atoms with E-state index in [9.17, 15) is 0 Å². The Kier molecular flexibility index (Phi) is 4.05. The van der Waals surface area contributed by atoms with E-state index in [4.69, 9.17) is 4.98 Å². The van der Waals surface area contributed by atoms with Crippen molar-refractivity contribution in [3.63, 3.8) is 0 Å². The van der Waals surface area contributed by atoms with Crippen LogP contribution in [0.15, 0.2) is 140 Å². The van der Waals surface area contributed by atoms with Gasteiger partial charge in [0, 0.05) is 16.3 Å². The molecule has 0 saturated carbocycles. The highest BCUT2D eigenvalue weighted by molar-refractivity contribution is 6.06. The van der Waals surface area contributed by atoms with Crippen molar-refractivity contribution in [2.75, 3.05) is 0 Å². The van der Waals surface area contributed by atoms with Crippen molar-refractivity contribution in [1.82, 2.24) is 4.98 Å². The molecule has 2 aliphatic rings. The third-order valence-electron chi connectivity index (χ3n) is 8.88. The second kappa shape index (κ2) is 7.52. The summed E-state index contributed by atoms with van der Waals surface area (Å²) in [6.45, 7) is 0. The Morgan fingerprint density at radius 2 is 0.923 bits per heavy atom. The molecule has 0 radical (unpaired) electrons. The van der Waals surface area contributed by atoms with Crippen molar-refractivity contribution < 1.29 is 0 Å². The number of hydrogen-bond acceptors (Lipinski definition) is 1. The number of rotatable bonds is 1. The van der Waals surface area contributed by atoms with Gasteiger partial charge in [-0.2, -0.15) is 0 Å². The van der Waals surface area contributed by atoms with Crippen molar-refractivity contribution >= 4 is 21.7 Å². The summed E-state index contributed by atoms with van der Waals surface area (Å²) in [5.41, 5.74) is 13.6. The zero-order valence-corrected chi connectivity index (χ0v) is 21.2. The molecule has 0 saturated heterocycles. The van der Waals surface area contributed by atoms with E-state index in [1.54, 1.807) is 0 Å². The summed E-state index contributed by atoms with van der Waals surface area (Å²) >= 11 is 0. The van der Waals surface area contributed by atoms with Crippen molar-refractivity contribution in [2.45, 2.75) is 5.41 Å². The molecule has 39 heavy (non-hydrogen) atoms. The van der Waals surface area contributed by atoms with E-state index >= 15 is 0 Å². The minimum absolute atomic E-state index is 0.335. The van der Waals surface area contributed by atoms with Crippen LogP contribution in [0, 0.1) is 0 Å². The minimum atomic E-state index is -0.335. The summed E-state index contributed by atoms with van der Waals surface area (Å²) in [6, 6.07) is 51.1. The van der Waals surface area contributed by atoms with Crippen LogP contribution in [0.2, 0.25) is 0 Å². The number of benzene rings is 6. The zero-order chi connectivity index (χ0) is 25.6. The fourth-order valence-corrected chi connectivity index (χ4v) is 7.36. The summed E-state index contributed by atoms with van der Waals surface area (Å²) in [6.07, 6.45) is 0. The van der Waals surface area contributed by atoms with E-state index in [-0.39, 0.29) is 5.41 Å². The average molecular weight is 494 g/mol. The maximum atomic E-state index is 5.33. The Hall–Kier alpha value is -5.01. The molecule has 180 valence electrons. The van der Waals surface area contributed by atoms with Gasteiger partial charge in [-0.3, -0.25) is 0 Å². The fraction of sp³-hybridized carbons (Fsp3) is 0.0263. The van der Waals surface area contributed by atoms with Crippen molar-refractivity contribution in [3.8, 4) is 33.5 Å². The maximum Gasteiger partial charge on any atom is 0.0787 e. The molecular formula is C38H23N. The lowest BCUT2D eigenvalue weighted by molar-refractivity contribution is 0.794. The predicted octanol–water partition coefficient (Wildman–Crippen LogP) is 9.40. The van der Waals surface area contributed by atoms with Crippen molar-refractivity contribution in [1.29, 1.82) is 0 Å². The molecule has 0 N–H and O–H groups in total. The molecule has 0 amide bonds. The normalized spacial score (nSPS) is 13.8. The molecule has 6 aromatic carbocycles. The van der Waals surface area contributed by atoms with Gasteiger partial charge >= 0.3 is 0 Å². The average Bonchev–Trinajstić information content (AvgIpc) is 3.48. The first-order valence-corrected chi connectivity index (χ1v) is 13.6. The van der Waals surface area contributed by atoms with Gasteiger partial charge in [-0.15, -0.1) is 0 Å². The Balaban J connectivity index is 1.40. The van der Waals surface area contributed by atoms with Gasteiger partial charge in [0.1, 0.15) is 0 Å². The Morgan fingerprint density at radius 3 is 1.69 bits per heavy atom. The molecule has 1 heterocycles. The highest BCUT2D eigenvalue weighted by atomic mass is 14.7. The van der Waals surface area contributed by atoms with E-state index < -0.39 is 0 Å². The van der Waals surface area contributed by atoms with Gasteiger partial charge in [-0.1, -0.05) is 133 Å². The summed E-state index contributed by atoms with van der Waals surface area (Å²) in [5, 5.41) is 3.58. The highest BCUT2D eigenvalue weighted by Crippen LogP contribution is 2.63. The molecule has 1 nitrogen and oxygen atoms in total. The topological polar surface area (TPSA) is 12.9 Å². The minimum Gasteiger partial charge on any atom is -0.247 e. The summed E-state index contributed by atoms with van der Waals surface area (Å²) in [4.78, 5) is 5.33. The third kappa shape index (κ3) is 2.57. The van der Waals surface area contributed by atoms with Crippen LogP contribution in [-0.2, 0) is 5.41 Å². The van der Waals surface area contributed by atoms with E-state index in [1.807, 2.05) is 0 Å². The second-order valence-corrected chi connectivity index (χ2v) is 10.7. The predicted molar refractivity (Wildman–Crippen MR) is 161 cm³/mol. The number of fused-ring (bicyclic) bond motifs is 13. The summed E-state index contributed by atoms with van der Waals surface area (Å²) in [7, 11) is 0. The SMILES string of the molecule is c1ccc2c(c1)-c1ccccc1C21c2ccccc2-c2c(-c3ccc4ccc5ccccc5c4n3)cccc21. The van der Waals surface area contributed by atoms with Gasteiger partial charge in [0.15, 0.2) is 0 Å². The lowest BCUT2D eigenvalue weighted by Crippen LogP contribution is -2.25. The van der Waals surface area contributed by atoms with Gasteiger partial charge in [-0.25, -0.2) is 4.98 Å². The van der Waals surface area contributed by atoms with Crippen LogP contribution in [0.1, 0.15) is 22.3 Å². The molecule has 1 aromatic heterocycles. The van der Waals surface area contributed by atoms with Crippen LogP contribution >= 0.6 is 0 Å². The molecule has 1 spiro atoms. The number of aromatic nitrogens is 1. The molecule has 7 aromatic rings. The lowest BCUT2D eigenvalue weighted by atomic mass is 9.70. The van der Waals surface area contributed by atoms with Crippen molar-refractivity contribution in [3.05, 3.63) is 162 Å². The highest BCUT2D eigenvalue weighted by Gasteiger charge is 2.51. The number of pyridine rings is 1. The largest absolute Gasteiger partial charge is 0.247 e. The molecule has 1 heteroatoms. The Bertz CT molecular complexity index is 2090. The van der Waals surface area contributed by atoms with Gasteiger partial charge in [0.2, 0.25) is 0 Å². The smallest absolute Gasteiger partial charge is 0.0787 e. The van der Waals surface area contributed by atoms with Crippen molar-refractivity contribution in [2.24, 2.45) is 0 Å². The van der Waals surface area contributed by atoms with Crippen LogP contribution in [-0.4, -0.2) is 4.98 Å². The molecule has 9 rings (SSSR count). The van der Waals surface area contributed by atoms with E-state index in [0.717, 1.165) is 11.2 Å². The van der Waals surface area contributed by atoms with Crippen LogP contribution in [0.4, 0.5) is 0 Å². The monoisotopic (exact) mass is 493 g/mol. The van der Waals surface area contributed by atoms with Crippen LogP contribution in [0.25, 0.3) is 55.2 Å². The number of nitrogens with zero attached hydrogens (tertiary/aromatic N) is 1. The standard InChI is InChI=1S/C38H23N/c1-2-11-26-24(10-1)20-21-25-22-23-35(39-37(25)26)30-15-9-19-34-36(30)29-14-5-8-18-33(29)38(34)31-16-6-3-12-27(31)28-13-4-7-17-32(28)38/h1-23H. The molecule has 0 atom stereocenters. The summed E-state index contributed by atoms with van der Waals surface area (Å²) < 4.78 is 0. The fourth-order valence-electron chi connectivity index (χ4n) is 7.36. The van der Waals surface area contributed by atoms with Crippen LogP contribution in [0.5, 0.6) is 0 Å². The first-order chi connectivity index (χ1) is 19.4. The van der Waals surface area contributed by atoms with E-state index in [2.05, 4.69) is 140 Å². The van der Waals surface area contributed by atoms with Crippen LogP contribution in [0.3, 0.4) is 0 Å². The molecule has 2 aliphatic carbocycles. The molecule has 0 aliphatic heterocycles. The molecule has 0 unspecified atom stereocenters. The van der Waals surface area contributed by atoms with Gasteiger partial charge in [0.25, 0.3) is 0 Å². The zero-order valence-electron chi connectivity index (χ0n) is 21.2. The van der Waals surface area contributed by atoms with Crippen LogP contribution < -0.4 is 0 Å². The van der Waals surface area contributed by atoms with Gasteiger partial charge in [-0.05, 0) is 56.0 Å². The first-order valence-electron chi connectivity index (χ1n) is 13.6. The van der Waals surface area contributed by atoms with Gasteiger partial charge in [0.05, 0.1) is 16.6 Å². The lowest BCUT2D eigenvalue weighted by Gasteiger charge is -2.30. The van der Waals surface area contributed by atoms with E-state index in [0.29, 0.717) is 0 Å². The molecule has 0 fully saturated rings. The number of hydrogen-bond donors (Lipinski definition) is 0. The summed E-state index contributed by atoms with van der Waals surface area (Å²) in [5.74, 6) is 0. The first kappa shape index (κ1) is 21.0. The Morgan fingerprint density at radius 1 is 0.385 bits per heavy atom. The second-order valence-electron chi connectivity index (χ2n) is 10.7.